The number of hydrogen-bond donors (Lipinski definition) is 3. The lowest BCUT2D eigenvalue weighted by molar-refractivity contribution is 0.00254. The van der Waals surface area contributed by atoms with Crippen LogP contribution in [0.1, 0.15) is 12.5 Å². The van der Waals surface area contributed by atoms with Crippen LogP contribution in [0, 0.1) is 0 Å². The number of fused-ring (bicyclic) bond motifs is 1. The Morgan fingerprint density at radius 2 is 2.22 bits per heavy atom. The number of aliphatic hydroxyl groups is 2. The number of rotatable bonds is 5. The van der Waals surface area contributed by atoms with Crippen LogP contribution in [-0.2, 0) is 6.54 Å². The van der Waals surface area contributed by atoms with Gasteiger partial charge in [0.05, 0.1) is 16.7 Å². The molecule has 1 atom stereocenters. The van der Waals surface area contributed by atoms with Crippen molar-refractivity contribution < 1.29 is 19.7 Å². The molecule has 0 aromatic heterocycles. The minimum atomic E-state index is -1.10. The molecule has 1 aliphatic heterocycles. The first kappa shape index (κ1) is 13.6. The first-order valence-electron chi connectivity index (χ1n) is 5.64. The maximum Gasteiger partial charge on any atom is 0.231 e. The van der Waals surface area contributed by atoms with Gasteiger partial charge in [-0.1, -0.05) is 0 Å². The minimum Gasteiger partial charge on any atom is -0.454 e. The highest BCUT2D eigenvalue weighted by molar-refractivity contribution is 9.10. The highest BCUT2D eigenvalue weighted by Crippen LogP contribution is 2.39. The zero-order valence-corrected chi connectivity index (χ0v) is 11.7. The van der Waals surface area contributed by atoms with Gasteiger partial charge in [0.15, 0.2) is 11.5 Å². The summed E-state index contributed by atoms with van der Waals surface area (Å²) in [6.45, 7) is 2.44. The van der Waals surface area contributed by atoms with E-state index in [0.29, 0.717) is 13.1 Å². The molecule has 3 N–H and O–H groups in total. The molecule has 100 valence electrons. The SMILES string of the molecule is CC(O)(CO)CNCc1cc(Br)c2c(c1)OCO2. The highest BCUT2D eigenvalue weighted by atomic mass is 79.9. The second kappa shape index (κ2) is 5.44. The van der Waals surface area contributed by atoms with Crippen LogP contribution in [0.15, 0.2) is 16.6 Å². The van der Waals surface area contributed by atoms with Crippen LogP contribution in [0.4, 0.5) is 0 Å². The molecule has 1 aromatic carbocycles. The molecule has 0 spiro atoms. The van der Waals surface area contributed by atoms with Crippen molar-refractivity contribution in [3.05, 3.63) is 22.2 Å². The fourth-order valence-corrected chi connectivity index (χ4v) is 2.26. The predicted molar refractivity (Wildman–Crippen MR) is 69.7 cm³/mol. The van der Waals surface area contributed by atoms with Gasteiger partial charge in [0.1, 0.15) is 0 Å². The lowest BCUT2D eigenvalue weighted by atomic mass is 10.1. The van der Waals surface area contributed by atoms with Gasteiger partial charge in [-0.25, -0.2) is 0 Å². The summed E-state index contributed by atoms with van der Waals surface area (Å²) in [7, 11) is 0. The Kier molecular flexibility index (Phi) is 4.11. The van der Waals surface area contributed by atoms with Crippen LogP contribution in [-0.4, -0.2) is 35.8 Å². The Balaban J connectivity index is 1.97. The van der Waals surface area contributed by atoms with E-state index < -0.39 is 5.60 Å². The Labute approximate surface area is 114 Å². The van der Waals surface area contributed by atoms with Gasteiger partial charge in [-0.3, -0.25) is 0 Å². The summed E-state index contributed by atoms with van der Waals surface area (Å²) in [6, 6.07) is 3.84. The van der Waals surface area contributed by atoms with Gasteiger partial charge in [-0.2, -0.15) is 0 Å². The molecule has 2 rings (SSSR count). The van der Waals surface area contributed by atoms with Crippen molar-refractivity contribution in [2.75, 3.05) is 19.9 Å². The molecule has 0 saturated heterocycles. The average Bonchev–Trinajstić information content (AvgIpc) is 2.77. The van der Waals surface area contributed by atoms with E-state index in [1.807, 2.05) is 12.1 Å². The predicted octanol–water partition coefficient (Wildman–Crippen LogP) is 1.01. The maximum atomic E-state index is 9.64. The van der Waals surface area contributed by atoms with E-state index in [0.717, 1.165) is 21.5 Å². The Bertz CT molecular complexity index is 436. The van der Waals surface area contributed by atoms with Crippen LogP contribution >= 0.6 is 15.9 Å². The van der Waals surface area contributed by atoms with E-state index in [-0.39, 0.29) is 13.4 Å². The number of aliphatic hydroxyl groups excluding tert-OH is 1. The normalized spacial score (nSPS) is 16.7. The molecule has 0 aliphatic carbocycles. The summed E-state index contributed by atoms with van der Waals surface area (Å²) in [6.07, 6.45) is 0. The summed E-state index contributed by atoms with van der Waals surface area (Å²) >= 11 is 3.42. The van der Waals surface area contributed by atoms with Gasteiger partial charge >= 0.3 is 0 Å². The first-order chi connectivity index (χ1) is 8.52. The molecular formula is C12H16BrNO4. The molecule has 1 aliphatic rings. The Morgan fingerprint density at radius 1 is 1.44 bits per heavy atom. The largest absolute Gasteiger partial charge is 0.454 e. The van der Waals surface area contributed by atoms with Gasteiger partial charge in [0.2, 0.25) is 6.79 Å². The first-order valence-corrected chi connectivity index (χ1v) is 6.43. The smallest absolute Gasteiger partial charge is 0.231 e. The topological polar surface area (TPSA) is 71.0 Å². The highest BCUT2D eigenvalue weighted by Gasteiger charge is 2.20. The summed E-state index contributed by atoms with van der Waals surface area (Å²) in [5.74, 6) is 1.44. The van der Waals surface area contributed by atoms with Crippen LogP contribution in [0.3, 0.4) is 0 Å². The quantitative estimate of drug-likeness (QED) is 0.756. The van der Waals surface area contributed by atoms with Gasteiger partial charge in [-0.15, -0.1) is 0 Å². The average molecular weight is 318 g/mol. The second-order valence-electron chi connectivity index (χ2n) is 4.57. The zero-order valence-electron chi connectivity index (χ0n) is 10.1. The lowest BCUT2D eigenvalue weighted by Gasteiger charge is -2.20. The molecule has 0 bridgehead atoms. The Hall–Kier alpha value is -0.820. The fraction of sp³-hybridized carbons (Fsp3) is 0.500. The van der Waals surface area contributed by atoms with Crippen LogP contribution in [0.25, 0.3) is 0 Å². The van der Waals surface area contributed by atoms with Crippen molar-refractivity contribution in [2.45, 2.75) is 19.1 Å². The third-order valence-electron chi connectivity index (χ3n) is 2.66. The standard InChI is InChI=1S/C12H16BrNO4/c1-12(16,6-15)5-14-4-8-2-9(13)11-10(3-8)17-7-18-11/h2-3,14-16H,4-7H2,1H3. The Morgan fingerprint density at radius 3 is 2.94 bits per heavy atom. The van der Waals surface area contributed by atoms with Crippen molar-refractivity contribution in [3.8, 4) is 11.5 Å². The molecule has 0 amide bonds. The van der Waals surface area contributed by atoms with Gasteiger partial charge in [0.25, 0.3) is 0 Å². The van der Waals surface area contributed by atoms with E-state index in [9.17, 15) is 5.11 Å². The monoisotopic (exact) mass is 317 g/mol. The van der Waals surface area contributed by atoms with E-state index in [1.54, 1.807) is 6.92 Å². The molecule has 6 heteroatoms. The van der Waals surface area contributed by atoms with Gasteiger partial charge in [-0.05, 0) is 40.5 Å². The molecule has 1 heterocycles. The molecule has 0 radical (unpaired) electrons. The maximum absolute atomic E-state index is 9.64. The van der Waals surface area contributed by atoms with Crippen LogP contribution < -0.4 is 14.8 Å². The molecule has 0 fully saturated rings. The van der Waals surface area contributed by atoms with E-state index in [2.05, 4.69) is 21.2 Å². The summed E-state index contributed by atoms with van der Waals surface area (Å²) < 4.78 is 11.5. The lowest BCUT2D eigenvalue weighted by Crippen LogP contribution is -2.40. The fourth-order valence-electron chi connectivity index (χ4n) is 1.65. The summed E-state index contributed by atoms with van der Waals surface area (Å²) in [4.78, 5) is 0. The van der Waals surface area contributed by atoms with Crippen molar-refractivity contribution in [2.24, 2.45) is 0 Å². The molecule has 0 saturated carbocycles. The summed E-state index contributed by atoms with van der Waals surface area (Å²) in [5, 5.41) is 21.7. The second-order valence-corrected chi connectivity index (χ2v) is 5.42. The zero-order chi connectivity index (χ0) is 13.2. The van der Waals surface area contributed by atoms with Crippen LogP contribution in [0.5, 0.6) is 11.5 Å². The molecular weight excluding hydrogens is 302 g/mol. The van der Waals surface area contributed by atoms with Crippen molar-refractivity contribution in [1.82, 2.24) is 5.32 Å². The third-order valence-corrected chi connectivity index (χ3v) is 3.25. The van der Waals surface area contributed by atoms with Crippen molar-refractivity contribution in [1.29, 1.82) is 0 Å². The van der Waals surface area contributed by atoms with Crippen LogP contribution in [0.2, 0.25) is 0 Å². The number of ether oxygens (including phenoxy) is 2. The molecule has 1 aromatic rings. The minimum absolute atomic E-state index is 0.240. The molecule has 1 unspecified atom stereocenters. The molecule has 5 nitrogen and oxygen atoms in total. The van der Waals surface area contributed by atoms with Crippen molar-refractivity contribution >= 4 is 15.9 Å². The van der Waals surface area contributed by atoms with Crippen molar-refractivity contribution in [3.63, 3.8) is 0 Å². The van der Waals surface area contributed by atoms with Gasteiger partial charge in [0, 0.05) is 13.1 Å². The number of hydrogen-bond acceptors (Lipinski definition) is 5. The molecule has 18 heavy (non-hydrogen) atoms. The summed E-state index contributed by atoms with van der Waals surface area (Å²) in [5.41, 5.74) is -0.0898. The number of benzene rings is 1. The van der Waals surface area contributed by atoms with E-state index in [4.69, 9.17) is 14.6 Å². The number of halogens is 1. The third kappa shape index (κ3) is 3.14. The van der Waals surface area contributed by atoms with E-state index in [1.165, 1.54) is 0 Å². The van der Waals surface area contributed by atoms with Gasteiger partial charge < -0.3 is 25.0 Å². The number of nitrogens with one attached hydrogen (secondary N) is 1. The van der Waals surface area contributed by atoms with E-state index >= 15 is 0 Å².